The van der Waals surface area contributed by atoms with Crippen molar-refractivity contribution in [1.82, 2.24) is 0 Å². The van der Waals surface area contributed by atoms with Crippen LogP contribution in [0.2, 0.25) is 0 Å². The van der Waals surface area contributed by atoms with E-state index in [2.05, 4.69) is 31.2 Å². The van der Waals surface area contributed by atoms with Gasteiger partial charge >= 0.3 is 0 Å². The summed E-state index contributed by atoms with van der Waals surface area (Å²) in [6.45, 7) is 4.12. The van der Waals surface area contributed by atoms with Crippen molar-refractivity contribution in [2.75, 3.05) is 0 Å². The van der Waals surface area contributed by atoms with Crippen LogP contribution in [0, 0.1) is 0 Å². The second-order valence-corrected chi connectivity index (χ2v) is 3.29. The summed E-state index contributed by atoms with van der Waals surface area (Å²) in [6, 6.07) is 8.31. The summed E-state index contributed by atoms with van der Waals surface area (Å²) in [5.74, 6) is 0. The monoisotopic (exact) mass is 188 g/mol. The number of carbonyl (C=O) groups is 1. The van der Waals surface area contributed by atoms with Gasteiger partial charge in [-0.05, 0) is 35.6 Å². The molecule has 0 N–H and O–H groups in total. The molecule has 14 heavy (non-hydrogen) atoms. The van der Waals surface area contributed by atoms with Gasteiger partial charge in [-0.25, -0.2) is 0 Å². The maximum absolute atomic E-state index is 10.6. The summed E-state index contributed by atoms with van der Waals surface area (Å²) in [5.41, 5.74) is 3.27. The average Bonchev–Trinajstić information content (AvgIpc) is 2.26. The fourth-order valence-electron chi connectivity index (χ4n) is 1.28. The molecule has 0 radical (unpaired) electrons. The zero-order chi connectivity index (χ0) is 10.4. The molecule has 0 aliphatic rings. The first-order valence-electron chi connectivity index (χ1n) is 5.04. The summed E-state index contributed by atoms with van der Waals surface area (Å²) < 4.78 is 0. The minimum absolute atomic E-state index is 0.791. The van der Waals surface area contributed by atoms with Crippen LogP contribution in [-0.2, 0) is 11.2 Å². The molecule has 0 amide bonds. The van der Waals surface area contributed by atoms with E-state index < -0.39 is 0 Å². The number of aryl methyl sites for hydroxylation is 1. The number of rotatable bonds is 4. The Morgan fingerprint density at radius 2 is 1.86 bits per heavy atom. The van der Waals surface area contributed by atoms with Crippen molar-refractivity contribution in [1.29, 1.82) is 0 Å². The Hall–Kier alpha value is -1.37. The molecule has 0 spiro atoms. The maximum atomic E-state index is 10.6. The van der Waals surface area contributed by atoms with Crippen LogP contribution in [0.25, 0.3) is 6.08 Å². The number of aldehydes is 1. The fraction of sp³-hybridized carbons (Fsp3) is 0.308. The molecule has 0 unspecified atom stereocenters. The van der Waals surface area contributed by atoms with Crippen LogP contribution in [0.3, 0.4) is 0 Å². The molecule has 0 aliphatic carbocycles. The minimum Gasteiger partial charge on any atom is -0.298 e. The van der Waals surface area contributed by atoms with E-state index in [0.717, 1.165) is 30.3 Å². The Bertz CT molecular complexity index is 320. The van der Waals surface area contributed by atoms with Crippen LogP contribution in [0.1, 0.15) is 31.4 Å². The van der Waals surface area contributed by atoms with E-state index in [1.54, 1.807) is 0 Å². The lowest BCUT2D eigenvalue weighted by Gasteiger charge is -1.98. The highest BCUT2D eigenvalue weighted by atomic mass is 16.1. The van der Waals surface area contributed by atoms with Crippen molar-refractivity contribution >= 4 is 12.4 Å². The van der Waals surface area contributed by atoms with E-state index in [0.29, 0.717) is 0 Å². The van der Waals surface area contributed by atoms with Crippen molar-refractivity contribution in [3.63, 3.8) is 0 Å². The first kappa shape index (κ1) is 10.7. The summed E-state index contributed by atoms with van der Waals surface area (Å²) in [7, 11) is 0. The van der Waals surface area contributed by atoms with Crippen LogP contribution < -0.4 is 0 Å². The smallest absolute Gasteiger partial charge is 0.146 e. The predicted molar refractivity (Wildman–Crippen MR) is 60.2 cm³/mol. The molecule has 1 heteroatoms. The number of hydrogen-bond acceptors (Lipinski definition) is 1. The summed E-state index contributed by atoms with van der Waals surface area (Å²) in [6.07, 6.45) is 4.71. The molecule has 74 valence electrons. The predicted octanol–water partition coefficient (Wildman–Crippen LogP) is 3.24. The molecule has 0 aliphatic heterocycles. The third kappa shape index (κ3) is 2.84. The SMILES string of the molecule is CC/C(C=O)=C\c1ccc(CC)cc1. The number of allylic oxidation sites excluding steroid dienone is 1. The highest BCUT2D eigenvalue weighted by molar-refractivity contribution is 5.81. The molecular weight excluding hydrogens is 172 g/mol. The molecule has 1 rings (SSSR count). The zero-order valence-corrected chi connectivity index (χ0v) is 8.79. The van der Waals surface area contributed by atoms with Gasteiger partial charge in [-0.1, -0.05) is 38.1 Å². The van der Waals surface area contributed by atoms with Crippen LogP contribution in [0.15, 0.2) is 29.8 Å². The summed E-state index contributed by atoms with van der Waals surface area (Å²) in [5, 5.41) is 0. The van der Waals surface area contributed by atoms with E-state index >= 15 is 0 Å². The lowest BCUT2D eigenvalue weighted by atomic mass is 10.1. The van der Waals surface area contributed by atoms with Gasteiger partial charge < -0.3 is 0 Å². The van der Waals surface area contributed by atoms with E-state index in [-0.39, 0.29) is 0 Å². The standard InChI is InChI=1S/C13H16O/c1-3-11-5-7-13(8-6-11)9-12(4-2)10-14/h5-10H,3-4H2,1-2H3/b12-9+. The van der Waals surface area contributed by atoms with E-state index in [1.165, 1.54) is 5.56 Å². The highest BCUT2D eigenvalue weighted by Crippen LogP contribution is 2.10. The van der Waals surface area contributed by atoms with Crippen LogP contribution in [-0.4, -0.2) is 6.29 Å². The quantitative estimate of drug-likeness (QED) is 0.523. The second-order valence-electron chi connectivity index (χ2n) is 3.29. The zero-order valence-electron chi connectivity index (χ0n) is 8.79. The Labute approximate surface area is 85.5 Å². The summed E-state index contributed by atoms with van der Waals surface area (Å²) >= 11 is 0. The molecule has 1 aromatic carbocycles. The first-order valence-corrected chi connectivity index (χ1v) is 5.04. The molecule has 0 bridgehead atoms. The molecular formula is C13H16O. The van der Waals surface area contributed by atoms with Gasteiger partial charge in [0.25, 0.3) is 0 Å². The largest absolute Gasteiger partial charge is 0.298 e. The van der Waals surface area contributed by atoms with Crippen molar-refractivity contribution in [2.45, 2.75) is 26.7 Å². The third-order valence-electron chi connectivity index (χ3n) is 2.30. The van der Waals surface area contributed by atoms with Gasteiger partial charge in [-0.2, -0.15) is 0 Å². The average molecular weight is 188 g/mol. The molecule has 0 saturated heterocycles. The van der Waals surface area contributed by atoms with Crippen molar-refractivity contribution in [3.8, 4) is 0 Å². The van der Waals surface area contributed by atoms with Crippen molar-refractivity contribution in [3.05, 3.63) is 41.0 Å². The number of hydrogen-bond donors (Lipinski definition) is 0. The lowest BCUT2D eigenvalue weighted by Crippen LogP contribution is -1.83. The molecule has 1 nitrogen and oxygen atoms in total. The number of carbonyl (C=O) groups excluding carboxylic acids is 1. The topological polar surface area (TPSA) is 17.1 Å². The van der Waals surface area contributed by atoms with E-state index in [4.69, 9.17) is 0 Å². The van der Waals surface area contributed by atoms with Crippen LogP contribution in [0.5, 0.6) is 0 Å². The molecule has 0 heterocycles. The normalized spacial score (nSPS) is 11.4. The molecule has 0 saturated carbocycles. The molecule has 1 aromatic rings. The van der Waals surface area contributed by atoms with E-state index in [9.17, 15) is 4.79 Å². The Balaban J connectivity index is 2.86. The molecule has 0 atom stereocenters. The first-order chi connectivity index (χ1) is 6.80. The fourth-order valence-corrected chi connectivity index (χ4v) is 1.28. The third-order valence-corrected chi connectivity index (χ3v) is 2.30. The highest BCUT2D eigenvalue weighted by Gasteiger charge is 1.93. The Morgan fingerprint density at radius 1 is 1.21 bits per heavy atom. The van der Waals surface area contributed by atoms with Gasteiger partial charge in [0.2, 0.25) is 0 Å². The minimum atomic E-state index is 0.791. The van der Waals surface area contributed by atoms with Gasteiger partial charge in [-0.3, -0.25) is 4.79 Å². The Morgan fingerprint density at radius 3 is 2.29 bits per heavy atom. The number of benzene rings is 1. The molecule has 0 fully saturated rings. The van der Waals surface area contributed by atoms with Gasteiger partial charge in [0, 0.05) is 0 Å². The van der Waals surface area contributed by atoms with Gasteiger partial charge in [0.1, 0.15) is 6.29 Å². The lowest BCUT2D eigenvalue weighted by molar-refractivity contribution is -0.104. The maximum Gasteiger partial charge on any atom is 0.146 e. The van der Waals surface area contributed by atoms with Crippen LogP contribution in [0.4, 0.5) is 0 Å². The van der Waals surface area contributed by atoms with E-state index in [1.807, 2.05) is 13.0 Å². The van der Waals surface area contributed by atoms with Gasteiger partial charge in [0.05, 0.1) is 0 Å². The van der Waals surface area contributed by atoms with Crippen molar-refractivity contribution in [2.24, 2.45) is 0 Å². The van der Waals surface area contributed by atoms with Gasteiger partial charge in [-0.15, -0.1) is 0 Å². The van der Waals surface area contributed by atoms with Gasteiger partial charge in [0.15, 0.2) is 0 Å². The van der Waals surface area contributed by atoms with Crippen molar-refractivity contribution < 1.29 is 4.79 Å². The van der Waals surface area contributed by atoms with Crippen LogP contribution >= 0.6 is 0 Å². The summed E-state index contributed by atoms with van der Waals surface area (Å²) in [4.78, 5) is 10.6. The second kappa shape index (κ2) is 5.38. The Kier molecular flexibility index (Phi) is 4.11. The molecule has 0 aromatic heterocycles.